The fourth-order valence-electron chi connectivity index (χ4n) is 2.05. The number of fused-ring (bicyclic) bond motifs is 1. The van der Waals surface area contributed by atoms with Crippen LogP contribution < -0.4 is 11.1 Å². The number of amides is 1. The van der Waals surface area contributed by atoms with Gasteiger partial charge in [0.15, 0.2) is 0 Å². The van der Waals surface area contributed by atoms with Gasteiger partial charge in [0.1, 0.15) is 11.5 Å². The van der Waals surface area contributed by atoms with Gasteiger partial charge < -0.3 is 11.1 Å². The first-order chi connectivity index (χ1) is 10.1. The third-order valence-electron chi connectivity index (χ3n) is 3.05. The topological polar surface area (TPSA) is 68.0 Å². The maximum Gasteiger partial charge on any atom is 0.270 e. The van der Waals surface area contributed by atoms with Gasteiger partial charge in [-0.2, -0.15) is 0 Å². The standard InChI is InChI=1S/C15H12BrN3OS/c16-13-6-5-10(21-13)8-18-15(20)12-7-9-3-1-2-4-11(9)14(17)19-12/h1-7H,8H2,(H2,17,19)(H,18,20). The molecule has 2 aromatic heterocycles. The Bertz CT molecular complexity index is 816. The summed E-state index contributed by atoms with van der Waals surface area (Å²) in [6, 6.07) is 13.3. The van der Waals surface area contributed by atoms with Crippen molar-refractivity contribution in [2.24, 2.45) is 0 Å². The Morgan fingerprint density at radius 2 is 2.10 bits per heavy atom. The van der Waals surface area contributed by atoms with Crippen LogP contribution in [-0.2, 0) is 6.54 Å². The van der Waals surface area contributed by atoms with Crippen molar-refractivity contribution in [1.29, 1.82) is 0 Å². The minimum atomic E-state index is -0.225. The molecule has 3 aromatic rings. The van der Waals surface area contributed by atoms with Gasteiger partial charge in [-0.1, -0.05) is 24.3 Å². The highest BCUT2D eigenvalue weighted by Crippen LogP contribution is 2.22. The molecule has 1 aromatic carbocycles. The van der Waals surface area contributed by atoms with E-state index >= 15 is 0 Å². The van der Waals surface area contributed by atoms with Crippen molar-refractivity contribution in [2.75, 3.05) is 5.73 Å². The lowest BCUT2D eigenvalue weighted by atomic mass is 10.1. The molecule has 0 saturated carbocycles. The number of nitrogens with one attached hydrogen (secondary N) is 1. The molecule has 0 radical (unpaired) electrons. The van der Waals surface area contributed by atoms with Crippen LogP contribution in [0.15, 0.2) is 46.3 Å². The number of hydrogen-bond donors (Lipinski definition) is 2. The Kier molecular flexibility index (Phi) is 3.90. The van der Waals surface area contributed by atoms with E-state index in [0.29, 0.717) is 18.1 Å². The maximum absolute atomic E-state index is 12.2. The molecule has 0 atom stereocenters. The summed E-state index contributed by atoms with van der Waals surface area (Å²) in [5.41, 5.74) is 6.25. The number of anilines is 1. The lowest BCUT2D eigenvalue weighted by Crippen LogP contribution is -2.23. The number of carbonyl (C=O) groups excluding carboxylic acids is 1. The van der Waals surface area contributed by atoms with E-state index in [1.165, 1.54) is 0 Å². The quantitative estimate of drug-likeness (QED) is 0.749. The van der Waals surface area contributed by atoms with Gasteiger partial charge in [-0.15, -0.1) is 11.3 Å². The molecule has 2 heterocycles. The number of hydrogen-bond acceptors (Lipinski definition) is 4. The molecule has 106 valence electrons. The van der Waals surface area contributed by atoms with Crippen molar-refractivity contribution in [1.82, 2.24) is 10.3 Å². The van der Waals surface area contributed by atoms with E-state index in [2.05, 4.69) is 26.2 Å². The molecule has 3 rings (SSSR count). The summed E-state index contributed by atoms with van der Waals surface area (Å²) in [5, 5.41) is 4.62. The zero-order valence-corrected chi connectivity index (χ0v) is 13.4. The van der Waals surface area contributed by atoms with Crippen LogP contribution in [0, 0.1) is 0 Å². The maximum atomic E-state index is 12.2. The number of thiophene rings is 1. The second kappa shape index (κ2) is 5.83. The third-order valence-corrected chi connectivity index (χ3v) is 4.68. The minimum Gasteiger partial charge on any atom is -0.383 e. The number of carbonyl (C=O) groups is 1. The number of nitrogens with two attached hydrogens (primary N) is 1. The lowest BCUT2D eigenvalue weighted by molar-refractivity contribution is 0.0946. The number of pyridine rings is 1. The van der Waals surface area contributed by atoms with Crippen LogP contribution in [0.4, 0.5) is 5.82 Å². The van der Waals surface area contributed by atoms with Crippen molar-refractivity contribution in [3.05, 3.63) is 56.8 Å². The molecule has 4 nitrogen and oxygen atoms in total. The number of nitrogens with zero attached hydrogens (tertiary/aromatic N) is 1. The van der Waals surface area contributed by atoms with Gasteiger partial charge in [0, 0.05) is 10.3 Å². The van der Waals surface area contributed by atoms with Gasteiger partial charge in [-0.3, -0.25) is 4.79 Å². The average molecular weight is 362 g/mol. The van der Waals surface area contributed by atoms with Gasteiger partial charge in [0.2, 0.25) is 0 Å². The summed E-state index contributed by atoms with van der Waals surface area (Å²) >= 11 is 4.99. The van der Waals surface area contributed by atoms with E-state index in [-0.39, 0.29) is 5.91 Å². The molecular weight excluding hydrogens is 350 g/mol. The second-order valence-electron chi connectivity index (χ2n) is 4.50. The Labute approximate surface area is 134 Å². The largest absolute Gasteiger partial charge is 0.383 e. The first-order valence-electron chi connectivity index (χ1n) is 6.31. The first kappa shape index (κ1) is 14.0. The van der Waals surface area contributed by atoms with E-state index in [1.807, 2.05) is 36.4 Å². The molecule has 0 bridgehead atoms. The highest BCUT2D eigenvalue weighted by atomic mass is 79.9. The Morgan fingerprint density at radius 1 is 1.29 bits per heavy atom. The normalized spacial score (nSPS) is 10.7. The smallest absolute Gasteiger partial charge is 0.270 e. The number of rotatable bonds is 3. The molecule has 6 heteroatoms. The molecule has 3 N–H and O–H groups in total. The molecule has 0 saturated heterocycles. The molecule has 0 spiro atoms. The van der Waals surface area contributed by atoms with E-state index in [0.717, 1.165) is 19.4 Å². The van der Waals surface area contributed by atoms with Gasteiger partial charge in [-0.05, 0) is 39.5 Å². The van der Waals surface area contributed by atoms with Crippen molar-refractivity contribution in [3.63, 3.8) is 0 Å². The summed E-state index contributed by atoms with van der Waals surface area (Å²) < 4.78 is 1.04. The van der Waals surface area contributed by atoms with Gasteiger partial charge in [-0.25, -0.2) is 4.98 Å². The van der Waals surface area contributed by atoms with Crippen LogP contribution in [0.1, 0.15) is 15.4 Å². The molecule has 21 heavy (non-hydrogen) atoms. The summed E-state index contributed by atoms with van der Waals surface area (Å²) in [7, 11) is 0. The molecule has 0 aliphatic rings. The zero-order chi connectivity index (χ0) is 14.8. The van der Waals surface area contributed by atoms with Crippen molar-refractivity contribution in [2.45, 2.75) is 6.54 Å². The lowest BCUT2D eigenvalue weighted by Gasteiger charge is -2.06. The van der Waals surface area contributed by atoms with Crippen LogP contribution in [0.3, 0.4) is 0 Å². The highest BCUT2D eigenvalue weighted by molar-refractivity contribution is 9.11. The summed E-state index contributed by atoms with van der Waals surface area (Å²) in [5.74, 6) is 0.147. The molecule has 0 unspecified atom stereocenters. The fourth-order valence-corrected chi connectivity index (χ4v) is 3.47. The van der Waals surface area contributed by atoms with Crippen LogP contribution >= 0.6 is 27.3 Å². The van der Waals surface area contributed by atoms with E-state index < -0.39 is 0 Å². The minimum absolute atomic E-state index is 0.225. The van der Waals surface area contributed by atoms with Gasteiger partial charge in [0.05, 0.1) is 10.3 Å². The summed E-state index contributed by atoms with van der Waals surface area (Å²) in [6.45, 7) is 0.476. The van der Waals surface area contributed by atoms with Gasteiger partial charge in [0.25, 0.3) is 5.91 Å². The Morgan fingerprint density at radius 3 is 2.86 bits per heavy atom. The highest BCUT2D eigenvalue weighted by Gasteiger charge is 2.11. The molecule has 1 amide bonds. The SMILES string of the molecule is Nc1nc(C(=O)NCc2ccc(Br)s2)cc2ccccc12. The predicted molar refractivity (Wildman–Crippen MR) is 89.3 cm³/mol. The summed E-state index contributed by atoms with van der Waals surface area (Å²) in [4.78, 5) is 17.4. The number of halogens is 1. The Balaban J connectivity index is 1.81. The van der Waals surface area contributed by atoms with Crippen molar-refractivity contribution in [3.8, 4) is 0 Å². The van der Waals surface area contributed by atoms with E-state index in [4.69, 9.17) is 5.73 Å². The first-order valence-corrected chi connectivity index (χ1v) is 7.92. The second-order valence-corrected chi connectivity index (χ2v) is 7.05. The fraction of sp³-hybridized carbons (Fsp3) is 0.0667. The average Bonchev–Trinajstić information content (AvgIpc) is 2.90. The number of aromatic nitrogens is 1. The zero-order valence-electron chi connectivity index (χ0n) is 11.0. The van der Waals surface area contributed by atoms with E-state index in [9.17, 15) is 4.79 Å². The van der Waals surface area contributed by atoms with Crippen molar-refractivity contribution < 1.29 is 4.79 Å². The van der Waals surface area contributed by atoms with Crippen LogP contribution in [0.5, 0.6) is 0 Å². The molecule has 0 aliphatic carbocycles. The van der Waals surface area contributed by atoms with Crippen LogP contribution in [-0.4, -0.2) is 10.9 Å². The van der Waals surface area contributed by atoms with Gasteiger partial charge >= 0.3 is 0 Å². The monoisotopic (exact) mass is 361 g/mol. The molecule has 0 fully saturated rings. The number of benzene rings is 1. The van der Waals surface area contributed by atoms with Crippen LogP contribution in [0.2, 0.25) is 0 Å². The molecular formula is C15H12BrN3OS. The predicted octanol–water partition coefficient (Wildman–Crippen LogP) is 3.57. The van der Waals surface area contributed by atoms with Crippen LogP contribution in [0.25, 0.3) is 10.8 Å². The summed E-state index contributed by atoms with van der Waals surface area (Å²) in [6.07, 6.45) is 0. The molecule has 0 aliphatic heterocycles. The third kappa shape index (κ3) is 3.06. The van der Waals surface area contributed by atoms with Crippen molar-refractivity contribution >= 4 is 49.8 Å². The number of nitrogen functional groups attached to an aromatic ring is 1. The van der Waals surface area contributed by atoms with E-state index in [1.54, 1.807) is 17.4 Å². The Hall–Kier alpha value is -1.92.